The minimum atomic E-state index is -0.700. The summed E-state index contributed by atoms with van der Waals surface area (Å²) < 4.78 is 0.908. The SMILES string of the molecule is O=C(O)C(c1ccccc1Br)C1CCSCC1. The highest BCUT2D eigenvalue weighted by molar-refractivity contribution is 9.10. The van der Waals surface area contributed by atoms with Gasteiger partial charge in [-0.25, -0.2) is 0 Å². The fraction of sp³-hybridized carbons (Fsp3) is 0.462. The van der Waals surface area contributed by atoms with Crippen LogP contribution in [0.4, 0.5) is 0 Å². The number of hydrogen-bond acceptors (Lipinski definition) is 2. The molecule has 0 bridgehead atoms. The summed E-state index contributed by atoms with van der Waals surface area (Å²) in [6.07, 6.45) is 2.01. The first-order valence-electron chi connectivity index (χ1n) is 5.75. The Labute approximate surface area is 114 Å². The molecule has 92 valence electrons. The third-order valence-corrected chi connectivity index (χ3v) is 5.01. The second kappa shape index (κ2) is 5.91. The lowest BCUT2D eigenvalue weighted by Crippen LogP contribution is -2.25. The second-order valence-electron chi connectivity index (χ2n) is 4.29. The molecule has 1 atom stereocenters. The van der Waals surface area contributed by atoms with Gasteiger partial charge in [0.25, 0.3) is 0 Å². The van der Waals surface area contributed by atoms with Crippen LogP contribution in [0.15, 0.2) is 28.7 Å². The van der Waals surface area contributed by atoms with Gasteiger partial charge in [-0.3, -0.25) is 4.79 Å². The first kappa shape index (κ1) is 13.0. The maximum Gasteiger partial charge on any atom is 0.311 e. The molecule has 4 heteroatoms. The maximum absolute atomic E-state index is 11.5. The fourth-order valence-corrected chi connectivity index (χ4v) is 4.04. The molecule has 1 saturated heterocycles. The lowest BCUT2D eigenvalue weighted by Gasteiger charge is -2.28. The highest BCUT2D eigenvalue weighted by atomic mass is 79.9. The molecule has 1 heterocycles. The van der Waals surface area contributed by atoms with Gasteiger partial charge in [0.1, 0.15) is 0 Å². The van der Waals surface area contributed by atoms with Gasteiger partial charge in [0, 0.05) is 4.47 Å². The van der Waals surface area contributed by atoms with Crippen molar-refractivity contribution >= 4 is 33.7 Å². The van der Waals surface area contributed by atoms with Crippen LogP contribution in [0, 0.1) is 5.92 Å². The van der Waals surface area contributed by atoms with Crippen LogP contribution in [0.3, 0.4) is 0 Å². The predicted molar refractivity (Wildman–Crippen MR) is 74.6 cm³/mol. The summed E-state index contributed by atoms with van der Waals surface area (Å²) >= 11 is 5.39. The molecule has 1 aliphatic rings. The van der Waals surface area contributed by atoms with Gasteiger partial charge in [0.15, 0.2) is 0 Å². The van der Waals surface area contributed by atoms with Crippen molar-refractivity contribution in [1.82, 2.24) is 0 Å². The summed E-state index contributed by atoms with van der Waals surface area (Å²) in [4.78, 5) is 11.5. The zero-order valence-electron chi connectivity index (χ0n) is 9.43. The number of carboxylic acids is 1. The second-order valence-corrected chi connectivity index (χ2v) is 6.37. The van der Waals surface area contributed by atoms with Gasteiger partial charge < -0.3 is 5.11 Å². The Bertz CT molecular complexity index is 402. The standard InChI is InChI=1S/C13H15BrO2S/c14-11-4-2-1-3-10(11)12(13(15)16)9-5-7-17-8-6-9/h1-4,9,12H,5-8H2,(H,15,16). The van der Waals surface area contributed by atoms with E-state index in [1.807, 2.05) is 36.0 Å². The van der Waals surface area contributed by atoms with E-state index in [9.17, 15) is 9.90 Å². The van der Waals surface area contributed by atoms with Crippen LogP contribution in [0.5, 0.6) is 0 Å². The summed E-state index contributed by atoms with van der Waals surface area (Å²) in [5, 5.41) is 9.48. The van der Waals surface area contributed by atoms with Crippen LogP contribution < -0.4 is 0 Å². The normalized spacial score (nSPS) is 18.9. The quantitative estimate of drug-likeness (QED) is 0.923. The summed E-state index contributed by atoms with van der Waals surface area (Å²) in [7, 11) is 0. The first-order chi connectivity index (χ1) is 8.20. The van der Waals surface area contributed by atoms with Crippen LogP contribution in [0.25, 0.3) is 0 Å². The Morgan fingerprint density at radius 2 is 2.00 bits per heavy atom. The molecule has 1 aromatic carbocycles. The molecule has 0 aliphatic carbocycles. The van der Waals surface area contributed by atoms with Crippen molar-refractivity contribution in [3.8, 4) is 0 Å². The van der Waals surface area contributed by atoms with Gasteiger partial charge in [-0.05, 0) is 41.9 Å². The Morgan fingerprint density at radius 3 is 2.59 bits per heavy atom. The Balaban J connectivity index is 2.28. The van der Waals surface area contributed by atoms with Gasteiger partial charge in [-0.1, -0.05) is 34.1 Å². The van der Waals surface area contributed by atoms with Crippen LogP contribution in [-0.4, -0.2) is 22.6 Å². The third kappa shape index (κ3) is 3.05. The maximum atomic E-state index is 11.5. The molecule has 1 unspecified atom stereocenters. The zero-order valence-corrected chi connectivity index (χ0v) is 11.8. The van der Waals surface area contributed by atoms with Crippen LogP contribution in [-0.2, 0) is 4.79 Å². The van der Waals surface area contributed by atoms with Crippen molar-refractivity contribution in [2.75, 3.05) is 11.5 Å². The van der Waals surface area contributed by atoms with Crippen LogP contribution in [0.1, 0.15) is 24.3 Å². The van der Waals surface area contributed by atoms with Gasteiger partial charge in [0.05, 0.1) is 5.92 Å². The molecule has 0 radical (unpaired) electrons. The van der Waals surface area contributed by atoms with Crippen molar-refractivity contribution in [2.45, 2.75) is 18.8 Å². The average molecular weight is 315 g/mol. The van der Waals surface area contributed by atoms with E-state index in [1.54, 1.807) is 0 Å². The molecule has 0 spiro atoms. The fourth-order valence-electron chi connectivity index (χ4n) is 2.37. The molecule has 0 amide bonds. The number of halogens is 1. The largest absolute Gasteiger partial charge is 0.481 e. The predicted octanol–water partition coefficient (Wildman–Crippen LogP) is 3.76. The van der Waals surface area contributed by atoms with Crippen molar-refractivity contribution in [1.29, 1.82) is 0 Å². The van der Waals surface area contributed by atoms with E-state index in [0.29, 0.717) is 0 Å². The molecule has 1 aliphatic heterocycles. The molecular weight excluding hydrogens is 300 g/mol. The summed E-state index contributed by atoms with van der Waals surface area (Å²) in [5.41, 5.74) is 0.914. The molecule has 0 saturated carbocycles. The highest BCUT2D eigenvalue weighted by Crippen LogP contribution is 2.37. The van der Waals surface area contributed by atoms with Crippen molar-refractivity contribution < 1.29 is 9.90 Å². The Kier molecular flexibility index (Phi) is 4.51. The smallest absolute Gasteiger partial charge is 0.311 e. The lowest BCUT2D eigenvalue weighted by molar-refractivity contribution is -0.140. The van der Waals surface area contributed by atoms with E-state index in [-0.39, 0.29) is 11.8 Å². The number of rotatable bonds is 3. The molecule has 1 fully saturated rings. The van der Waals surface area contributed by atoms with E-state index < -0.39 is 5.97 Å². The van der Waals surface area contributed by atoms with E-state index >= 15 is 0 Å². The van der Waals surface area contributed by atoms with Gasteiger partial charge in [-0.2, -0.15) is 11.8 Å². The monoisotopic (exact) mass is 314 g/mol. The van der Waals surface area contributed by atoms with Crippen molar-refractivity contribution in [3.63, 3.8) is 0 Å². The topological polar surface area (TPSA) is 37.3 Å². The Hall–Kier alpha value is -0.480. The van der Waals surface area contributed by atoms with Crippen LogP contribution >= 0.6 is 27.7 Å². The summed E-state index contributed by atoms with van der Waals surface area (Å²) in [6, 6.07) is 7.67. The number of thioether (sulfide) groups is 1. The van der Waals surface area contributed by atoms with E-state index in [4.69, 9.17) is 0 Å². The number of carboxylic acid groups (broad SMARTS) is 1. The first-order valence-corrected chi connectivity index (χ1v) is 7.70. The number of carbonyl (C=O) groups is 1. The van der Waals surface area contributed by atoms with E-state index in [0.717, 1.165) is 34.4 Å². The zero-order chi connectivity index (χ0) is 12.3. The van der Waals surface area contributed by atoms with Crippen molar-refractivity contribution in [3.05, 3.63) is 34.3 Å². The highest BCUT2D eigenvalue weighted by Gasteiger charge is 2.31. The minimum Gasteiger partial charge on any atom is -0.481 e. The van der Waals surface area contributed by atoms with Gasteiger partial charge in [-0.15, -0.1) is 0 Å². The molecule has 0 aromatic heterocycles. The minimum absolute atomic E-state index is 0.271. The van der Waals surface area contributed by atoms with Gasteiger partial charge >= 0.3 is 5.97 Å². The Morgan fingerprint density at radius 1 is 1.35 bits per heavy atom. The van der Waals surface area contributed by atoms with Crippen molar-refractivity contribution in [2.24, 2.45) is 5.92 Å². The van der Waals surface area contributed by atoms with E-state index in [1.165, 1.54) is 0 Å². The average Bonchev–Trinajstić information content (AvgIpc) is 2.33. The van der Waals surface area contributed by atoms with E-state index in [2.05, 4.69) is 15.9 Å². The number of aliphatic carboxylic acids is 1. The third-order valence-electron chi connectivity index (χ3n) is 3.24. The number of benzene rings is 1. The molecule has 2 nitrogen and oxygen atoms in total. The lowest BCUT2D eigenvalue weighted by atomic mass is 9.82. The van der Waals surface area contributed by atoms with Crippen LogP contribution in [0.2, 0.25) is 0 Å². The molecule has 1 N–H and O–H groups in total. The summed E-state index contributed by atoms with van der Waals surface area (Å²) in [6.45, 7) is 0. The molecular formula is C13H15BrO2S. The molecule has 1 aromatic rings. The molecule has 2 rings (SSSR count). The van der Waals surface area contributed by atoms with Gasteiger partial charge in [0.2, 0.25) is 0 Å². The summed E-state index contributed by atoms with van der Waals surface area (Å²) in [5.74, 6) is 1.37. The molecule has 17 heavy (non-hydrogen) atoms. The number of hydrogen-bond donors (Lipinski definition) is 1.